The van der Waals surface area contributed by atoms with E-state index in [9.17, 15) is 5.11 Å². The average molecular weight is 205 g/mol. The molecule has 0 spiro atoms. The van der Waals surface area contributed by atoms with Crippen molar-refractivity contribution in [2.75, 3.05) is 0 Å². The molecule has 1 aromatic heterocycles. The molecule has 1 nitrogen and oxygen atoms in total. The summed E-state index contributed by atoms with van der Waals surface area (Å²) >= 11 is 7.32. The fourth-order valence-corrected chi connectivity index (χ4v) is 1.92. The Morgan fingerprint density at radius 2 is 2.25 bits per heavy atom. The second-order valence-corrected chi connectivity index (χ2v) is 4.72. The van der Waals surface area contributed by atoms with E-state index in [0.717, 1.165) is 10.8 Å². The summed E-state index contributed by atoms with van der Waals surface area (Å²) in [5, 5.41) is 11.3. The molecule has 0 radical (unpaired) electrons. The van der Waals surface area contributed by atoms with Gasteiger partial charge in [-0.25, -0.2) is 0 Å². The normalized spacial score (nSPS) is 16.0. The predicted molar refractivity (Wildman–Crippen MR) is 53.9 cm³/mol. The quantitative estimate of drug-likeness (QED) is 0.803. The number of halogens is 1. The number of hydrogen-bond donors (Lipinski definition) is 1. The third-order valence-corrected chi connectivity index (χ3v) is 3.14. The van der Waals surface area contributed by atoms with Gasteiger partial charge >= 0.3 is 0 Å². The Kier molecular flexibility index (Phi) is 3.56. The lowest BCUT2D eigenvalue weighted by atomic mass is 9.99. The molecule has 1 N–H and O–H groups in total. The summed E-state index contributed by atoms with van der Waals surface area (Å²) in [5.74, 6) is 0.302. The summed E-state index contributed by atoms with van der Waals surface area (Å²) in [6.45, 7) is 3.86. The molecule has 2 atom stereocenters. The van der Waals surface area contributed by atoms with Gasteiger partial charge in [-0.15, -0.1) is 11.3 Å². The first-order valence-corrected chi connectivity index (χ1v) is 5.26. The molecule has 1 heterocycles. The van der Waals surface area contributed by atoms with Gasteiger partial charge in [-0.3, -0.25) is 0 Å². The van der Waals surface area contributed by atoms with Gasteiger partial charge in [0.05, 0.1) is 10.4 Å². The zero-order chi connectivity index (χ0) is 9.14. The Bertz CT molecular complexity index is 244. The highest BCUT2D eigenvalue weighted by atomic mass is 35.5. The topological polar surface area (TPSA) is 20.2 Å². The van der Waals surface area contributed by atoms with E-state index in [-0.39, 0.29) is 6.10 Å². The van der Waals surface area contributed by atoms with E-state index in [2.05, 4.69) is 0 Å². The van der Waals surface area contributed by atoms with Crippen LogP contribution in [-0.4, -0.2) is 11.2 Å². The van der Waals surface area contributed by atoms with Crippen molar-refractivity contribution in [1.29, 1.82) is 0 Å². The molecule has 2 unspecified atom stereocenters. The maximum atomic E-state index is 9.26. The van der Waals surface area contributed by atoms with Crippen molar-refractivity contribution >= 4 is 22.9 Å². The van der Waals surface area contributed by atoms with Crippen molar-refractivity contribution in [3.63, 3.8) is 0 Å². The monoisotopic (exact) mass is 204 g/mol. The first-order valence-electron chi connectivity index (χ1n) is 4.00. The SMILES string of the molecule is CC(O)C(C)Cc1csc(Cl)c1. The lowest BCUT2D eigenvalue weighted by molar-refractivity contribution is 0.135. The van der Waals surface area contributed by atoms with Gasteiger partial charge in [0.15, 0.2) is 0 Å². The molecule has 0 saturated heterocycles. The number of rotatable bonds is 3. The Morgan fingerprint density at radius 3 is 2.67 bits per heavy atom. The molecule has 1 rings (SSSR count). The van der Waals surface area contributed by atoms with E-state index in [0.29, 0.717) is 5.92 Å². The fraction of sp³-hybridized carbons (Fsp3) is 0.556. The van der Waals surface area contributed by atoms with Crippen LogP contribution in [0.5, 0.6) is 0 Å². The van der Waals surface area contributed by atoms with Crippen molar-refractivity contribution < 1.29 is 5.11 Å². The molecular formula is C9H13ClOS. The van der Waals surface area contributed by atoms with Gasteiger partial charge in [0.25, 0.3) is 0 Å². The standard InChI is InChI=1S/C9H13ClOS/c1-6(7(2)11)3-8-4-9(10)12-5-8/h4-7,11H,3H2,1-2H3. The van der Waals surface area contributed by atoms with Crippen LogP contribution in [-0.2, 0) is 6.42 Å². The van der Waals surface area contributed by atoms with Gasteiger partial charge in [0.1, 0.15) is 0 Å². The first kappa shape index (κ1) is 10.0. The molecule has 68 valence electrons. The van der Waals surface area contributed by atoms with Crippen LogP contribution < -0.4 is 0 Å². The smallest absolute Gasteiger partial charge is 0.0931 e. The third-order valence-electron chi connectivity index (χ3n) is 2.00. The van der Waals surface area contributed by atoms with Gasteiger partial charge in [0.2, 0.25) is 0 Å². The van der Waals surface area contributed by atoms with Crippen molar-refractivity contribution in [3.05, 3.63) is 21.3 Å². The maximum absolute atomic E-state index is 9.26. The molecule has 1 aromatic rings. The van der Waals surface area contributed by atoms with E-state index < -0.39 is 0 Å². The van der Waals surface area contributed by atoms with Crippen molar-refractivity contribution in [2.45, 2.75) is 26.4 Å². The number of aliphatic hydroxyl groups excluding tert-OH is 1. The first-order chi connectivity index (χ1) is 5.59. The van der Waals surface area contributed by atoms with Gasteiger partial charge in [-0.2, -0.15) is 0 Å². The molecule has 0 amide bonds. The van der Waals surface area contributed by atoms with Crippen LogP contribution in [0.3, 0.4) is 0 Å². The van der Waals surface area contributed by atoms with Crippen LogP contribution in [0.1, 0.15) is 19.4 Å². The fourth-order valence-electron chi connectivity index (χ4n) is 0.995. The lowest BCUT2D eigenvalue weighted by Crippen LogP contribution is -2.14. The minimum atomic E-state index is -0.247. The second kappa shape index (κ2) is 4.26. The van der Waals surface area contributed by atoms with Crippen molar-refractivity contribution in [3.8, 4) is 0 Å². The molecule has 0 fully saturated rings. The largest absolute Gasteiger partial charge is 0.393 e. The molecule has 0 aliphatic rings. The number of hydrogen-bond acceptors (Lipinski definition) is 2. The van der Waals surface area contributed by atoms with Crippen LogP contribution in [0.15, 0.2) is 11.4 Å². The molecule has 0 aromatic carbocycles. The minimum absolute atomic E-state index is 0.247. The highest BCUT2D eigenvalue weighted by Gasteiger charge is 2.10. The van der Waals surface area contributed by atoms with Gasteiger partial charge in [0, 0.05) is 0 Å². The van der Waals surface area contributed by atoms with Gasteiger partial charge in [-0.1, -0.05) is 18.5 Å². The molecule has 0 aliphatic heterocycles. The predicted octanol–water partition coefficient (Wildman–Crippen LogP) is 2.96. The Labute approximate surface area is 82.0 Å². The van der Waals surface area contributed by atoms with Crippen LogP contribution in [0.25, 0.3) is 0 Å². The molecule has 12 heavy (non-hydrogen) atoms. The summed E-state index contributed by atoms with van der Waals surface area (Å²) < 4.78 is 0.822. The van der Waals surface area contributed by atoms with Crippen molar-refractivity contribution in [1.82, 2.24) is 0 Å². The maximum Gasteiger partial charge on any atom is 0.0931 e. The van der Waals surface area contributed by atoms with Gasteiger partial charge < -0.3 is 5.11 Å². The Hall–Kier alpha value is -0.0500. The summed E-state index contributed by atoms with van der Waals surface area (Å²) in [5.41, 5.74) is 1.22. The zero-order valence-corrected chi connectivity index (χ0v) is 8.82. The molecule has 3 heteroatoms. The minimum Gasteiger partial charge on any atom is -0.393 e. The molecular weight excluding hydrogens is 192 g/mol. The summed E-state index contributed by atoms with van der Waals surface area (Å²) in [6, 6.07) is 1.96. The average Bonchev–Trinajstić information content (AvgIpc) is 2.35. The summed E-state index contributed by atoms with van der Waals surface area (Å²) in [6.07, 6.45) is 0.657. The second-order valence-electron chi connectivity index (χ2n) is 3.18. The van der Waals surface area contributed by atoms with E-state index in [4.69, 9.17) is 11.6 Å². The summed E-state index contributed by atoms with van der Waals surface area (Å²) in [7, 11) is 0. The van der Waals surface area contributed by atoms with E-state index in [1.807, 2.05) is 25.3 Å². The van der Waals surface area contributed by atoms with Crippen molar-refractivity contribution in [2.24, 2.45) is 5.92 Å². The van der Waals surface area contributed by atoms with E-state index in [1.165, 1.54) is 5.56 Å². The lowest BCUT2D eigenvalue weighted by Gasteiger charge is -2.12. The Morgan fingerprint density at radius 1 is 1.58 bits per heavy atom. The van der Waals surface area contributed by atoms with Crippen LogP contribution in [0, 0.1) is 5.92 Å². The van der Waals surface area contributed by atoms with Crippen LogP contribution in [0.4, 0.5) is 0 Å². The Balaban J connectivity index is 2.52. The van der Waals surface area contributed by atoms with Gasteiger partial charge in [-0.05, 0) is 36.3 Å². The molecule has 0 bridgehead atoms. The number of thiophene rings is 1. The third kappa shape index (κ3) is 2.77. The highest BCUT2D eigenvalue weighted by molar-refractivity contribution is 7.14. The van der Waals surface area contributed by atoms with E-state index in [1.54, 1.807) is 11.3 Å². The zero-order valence-electron chi connectivity index (χ0n) is 7.25. The van der Waals surface area contributed by atoms with Crippen LogP contribution in [0.2, 0.25) is 4.34 Å². The number of aliphatic hydroxyl groups is 1. The van der Waals surface area contributed by atoms with Crippen LogP contribution >= 0.6 is 22.9 Å². The summed E-state index contributed by atoms with van der Waals surface area (Å²) in [4.78, 5) is 0. The van der Waals surface area contributed by atoms with E-state index >= 15 is 0 Å². The molecule has 0 aliphatic carbocycles. The highest BCUT2D eigenvalue weighted by Crippen LogP contribution is 2.22. The molecule has 0 saturated carbocycles.